The molecule has 0 spiro atoms. The van der Waals surface area contributed by atoms with E-state index in [1.807, 2.05) is 19.1 Å². The van der Waals surface area contributed by atoms with E-state index in [2.05, 4.69) is 14.3 Å². The number of hydrogen-bond acceptors (Lipinski definition) is 6. The van der Waals surface area contributed by atoms with E-state index in [1.54, 1.807) is 34.5 Å². The average Bonchev–Trinajstić information content (AvgIpc) is 3.02. The zero-order chi connectivity index (χ0) is 17.4. The summed E-state index contributed by atoms with van der Waals surface area (Å²) in [7, 11) is 0. The quantitative estimate of drug-likeness (QED) is 0.703. The van der Waals surface area contributed by atoms with Crippen LogP contribution in [0.2, 0.25) is 0 Å². The summed E-state index contributed by atoms with van der Waals surface area (Å²) >= 11 is 1.32. The molecule has 0 unspecified atom stereocenters. The van der Waals surface area contributed by atoms with Crippen molar-refractivity contribution in [1.82, 2.24) is 19.2 Å². The molecule has 0 atom stereocenters. The van der Waals surface area contributed by atoms with Gasteiger partial charge in [0.25, 0.3) is 5.91 Å². The van der Waals surface area contributed by atoms with Gasteiger partial charge in [0.05, 0.1) is 23.1 Å². The highest BCUT2D eigenvalue weighted by Gasteiger charge is 2.29. The second-order valence-corrected chi connectivity index (χ2v) is 6.58. The number of pyridine rings is 2. The van der Waals surface area contributed by atoms with Crippen LogP contribution < -0.4 is 4.90 Å². The second kappa shape index (κ2) is 6.21. The monoisotopic (exact) mass is 353 g/mol. The molecule has 0 bridgehead atoms. The van der Waals surface area contributed by atoms with E-state index in [4.69, 9.17) is 0 Å². The third kappa shape index (κ3) is 2.85. The van der Waals surface area contributed by atoms with Gasteiger partial charge in [-0.1, -0.05) is 0 Å². The van der Waals surface area contributed by atoms with Crippen LogP contribution in [-0.4, -0.2) is 50.7 Å². The van der Waals surface area contributed by atoms with Gasteiger partial charge in [0.15, 0.2) is 0 Å². The van der Waals surface area contributed by atoms with E-state index >= 15 is 0 Å². The largest absolute Gasteiger partial charge is 0.327 e. The van der Waals surface area contributed by atoms with Crippen LogP contribution in [0, 0.1) is 6.92 Å². The summed E-state index contributed by atoms with van der Waals surface area (Å²) in [5.74, 6) is -0.297. The van der Waals surface area contributed by atoms with Crippen molar-refractivity contribution < 1.29 is 9.59 Å². The van der Waals surface area contributed by atoms with Crippen molar-refractivity contribution in [3.63, 3.8) is 0 Å². The average molecular weight is 353 g/mol. The van der Waals surface area contributed by atoms with Crippen LogP contribution in [0.1, 0.15) is 16.1 Å². The smallest absolute Gasteiger partial charge is 0.255 e. The summed E-state index contributed by atoms with van der Waals surface area (Å²) in [6.45, 7) is 2.86. The highest BCUT2D eigenvalue weighted by Crippen LogP contribution is 2.22. The van der Waals surface area contributed by atoms with Crippen molar-refractivity contribution >= 4 is 39.3 Å². The Bertz CT molecular complexity index is 956. The summed E-state index contributed by atoms with van der Waals surface area (Å²) in [6, 6.07) is 5.44. The maximum Gasteiger partial charge on any atom is 0.255 e. The number of carbonyl (C=O) groups excluding carboxylic acids is 2. The number of aromatic nitrogens is 3. The number of anilines is 1. The number of piperazine rings is 1. The molecule has 8 heteroatoms. The number of fused-ring (bicyclic) bond motifs is 1. The van der Waals surface area contributed by atoms with Crippen LogP contribution in [0.4, 0.5) is 5.69 Å². The molecular formula is C17H15N5O2S. The fourth-order valence-electron chi connectivity index (χ4n) is 2.88. The van der Waals surface area contributed by atoms with Gasteiger partial charge in [-0.3, -0.25) is 14.6 Å². The van der Waals surface area contributed by atoms with E-state index in [0.717, 1.165) is 21.6 Å². The minimum atomic E-state index is -0.181. The topological polar surface area (TPSA) is 79.3 Å². The van der Waals surface area contributed by atoms with Gasteiger partial charge in [-0.2, -0.15) is 4.37 Å². The lowest BCUT2D eigenvalue weighted by atomic mass is 10.1. The van der Waals surface area contributed by atoms with Crippen LogP contribution in [0.3, 0.4) is 0 Å². The van der Waals surface area contributed by atoms with Crippen molar-refractivity contribution in [2.75, 3.05) is 24.5 Å². The zero-order valence-corrected chi connectivity index (χ0v) is 14.4. The zero-order valence-electron chi connectivity index (χ0n) is 13.5. The Morgan fingerprint density at radius 2 is 2.16 bits per heavy atom. The predicted molar refractivity (Wildman–Crippen MR) is 94.6 cm³/mol. The molecule has 7 nitrogen and oxygen atoms in total. The van der Waals surface area contributed by atoms with E-state index in [0.29, 0.717) is 18.7 Å². The molecule has 0 radical (unpaired) electrons. The van der Waals surface area contributed by atoms with Gasteiger partial charge in [0.2, 0.25) is 5.91 Å². The van der Waals surface area contributed by atoms with Crippen molar-refractivity contribution in [3.05, 3.63) is 48.0 Å². The normalized spacial score (nSPS) is 15.0. The Hall–Kier alpha value is -2.87. The van der Waals surface area contributed by atoms with E-state index in [-0.39, 0.29) is 18.4 Å². The highest BCUT2D eigenvalue weighted by molar-refractivity contribution is 7.12. The number of carbonyl (C=O) groups is 2. The van der Waals surface area contributed by atoms with Gasteiger partial charge < -0.3 is 9.80 Å². The maximum atomic E-state index is 12.8. The first-order valence-electron chi connectivity index (χ1n) is 7.85. The number of amides is 2. The van der Waals surface area contributed by atoms with E-state index in [1.165, 1.54) is 11.5 Å². The summed E-state index contributed by atoms with van der Waals surface area (Å²) in [4.78, 5) is 37.6. The first kappa shape index (κ1) is 15.6. The first-order chi connectivity index (χ1) is 12.1. The molecule has 2 amide bonds. The molecule has 126 valence electrons. The minimum Gasteiger partial charge on any atom is -0.327 e. The Balaban J connectivity index is 1.53. The molecular weight excluding hydrogens is 338 g/mol. The third-order valence-corrected chi connectivity index (χ3v) is 5.09. The number of aryl methyl sites for hydroxylation is 1. The summed E-state index contributed by atoms with van der Waals surface area (Å²) < 4.78 is 4.25. The maximum absolute atomic E-state index is 12.8. The fourth-order valence-corrected chi connectivity index (χ4v) is 3.60. The fraction of sp³-hybridized carbons (Fsp3) is 0.235. The van der Waals surface area contributed by atoms with Gasteiger partial charge in [-0.05, 0) is 36.7 Å². The molecule has 4 rings (SSSR count). The summed E-state index contributed by atoms with van der Waals surface area (Å²) in [5.41, 5.74) is 2.10. The molecule has 3 aromatic rings. The lowest BCUT2D eigenvalue weighted by Crippen LogP contribution is -2.52. The van der Waals surface area contributed by atoms with Crippen LogP contribution in [-0.2, 0) is 4.79 Å². The number of rotatable bonds is 2. The first-order valence-corrected chi connectivity index (χ1v) is 8.62. The predicted octanol–water partition coefficient (Wildman–Crippen LogP) is 1.88. The van der Waals surface area contributed by atoms with Crippen molar-refractivity contribution in [3.8, 4) is 0 Å². The molecule has 0 saturated carbocycles. The van der Waals surface area contributed by atoms with Gasteiger partial charge >= 0.3 is 0 Å². The van der Waals surface area contributed by atoms with E-state index in [9.17, 15) is 9.59 Å². The Morgan fingerprint density at radius 1 is 1.28 bits per heavy atom. The minimum absolute atomic E-state index is 0.0482. The van der Waals surface area contributed by atoms with Crippen molar-refractivity contribution in [1.29, 1.82) is 0 Å². The van der Waals surface area contributed by atoms with E-state index < -0.39 is 0 Å². The molecule has 4 heterocycles. The number of nitrogens with zero attached hydrogens (tertiary/aromatic N) is 5. The molecule has 0 aliphatic carbocycles. The molecule has 1 fully saturated rings. The lowest BCUT2D eigenvalue weighted by Gasteiger charge is -2.34. The Morgan fingerprint density at radius 3 is 2.92 bits per heavy atom. The van der Waals surface area contributed by atoms with Crippen molar-refractivity contribution in [2.45, 2.75) is 6.92 Å². The summed E-state index contributed by atoms with van der Waals surface area (Å²) in [6.07, 6.45) is 4.87. The second-order valence-electron chi connectivity index (χ2n) is 5.83. The molecule has 25 heavy (non-hydrogen) atoms. The SMILES string of the molecule is Cc1nsc2ncc(C(=O)N3CCN(c4cccnc4)C(=O)C3)cc12. The Labute approximate surface area is 148 Å². The lowest BCUT2D eigenvalue weighted by molar-refractivity contribution is -0.120. The molecule has 3 aromatic heterocycles. The highest BCUT2D eigenvalue weighted by atomic mass is 32.1. The number of hydrogen-bond donors (Lipinski definition) is 0. The van der Waals surface area contributed by atoms with Gasteiger partial charge in [0.1, 0.15) is 11.4 Å². The third-order valence-electron chi connectivity index (χ3n) is 4.22. The van der Waals surface area contributed by atoms with Crippen molar-refractivity contribution in [2.24, 2.45) is 0 Å². The van der Waals surface area contributed by atoms with Gasteiger partial charge in [-0.15, -0.1) is 0 Å². The molecule has 1 aliphatic heterocycles. The molecule has 1 aliphatic rings. The van der Waals surface area contributed by atoms with Crippen LogP contribution in [0.15, 0.2) is 36.8 Å². The molecule has 0 N–H and O–H groups in total. The molecule has 0 aromatic carbocycles. The van der Waals surface area contributed by atoms with Gasteiger partial charge in [-0.25, -0.2) is 4.98 Å². The van der Waals surface area contributed by atoms with Crippen LogP contribution in [0.25, 0.3) is 10.2 Å². The Kier molecular flexibility index (Phi) is 3.89. The van der Waals surface area contributed by atoms with Crippen LogP contribution >= 0.6 is 11.5 Å². The summed E-state index contributed by atoms with van der Waals surface area (Å²) in [5, 5.41) is 0.885. The molecule has 1 saturated heterocycles. The van der Waals surface area contributed by atoms with Gasteiger partial charge in [0, 0.05) is 30.9 Å². The standard InChI is InChI=1S/C17H15N5O2S/c1-11-14-7-12(8-19-16(14)25-20-11)17(24)21-5-6-22(15(23)10-21)13-3-2-4-18-9-13/h2-4,7-9H,5-6,10H2,1H3. The van der Waals surface area contributed by atoms with Crippen LogP contribution in [0.5, 0.6) is 0 Å².